The van der Waals surface area contributed by atoms with Gasteiger partial charge in [0.05, 0.1) is 21.1 Å². The summed E-state index contributed by atoms with van der Waals surface area (Å²) in [5.41, 5.74) is 5.14. The number of nitrogens with zero attached hydrogens (tertiary/aromatic N) is 2. The second-order valence-corrected chi connectivity index (χ2v) is 9.09. The molecule has 2 N–H and O–H groups in total. The van der Waals surface area contributed by atoms with Crippen molar-refractivity contribution in [2.75, 3.05) is 0 Å². The molecular formula is C24H19ClN4O4S. The molecule has 0 aliphatic rings. The minimum absolute atomic E-state index is 0.00395. The van der Waals surface area contributed by atoms with Crippen LogP contribution in [0.2, 0.25) is 4.34 Å². The number of benzene rings is 2. The van der Waals surface area contributed by atoms with Crippen LogP contribution in [0, 0.1) is 0 Å². The predicted octanol–water partition coefficient (Wildman–Crippen LogP) is 3.58. The molecule has 2 aromatic carbocycles. The lowest BCUT2D eigenvalue weighted by Crippen LogP contribution is -2.43. The molecule has 0 saturated heterocycles. The van der Waals surface area contributed by atoms with Crippen LogP contribution in [0.5, 0.6) is 0 Å². The Labute approximate surface area is 203 Å². The maximum atomic E-state index is 12.9. The molecule has 2 aromatic heterocycles. The van der Waals surface area contributed by atoms with E-state index in [1.54, 1.807) is 36.4 Å². The molecule has 4 aromatic rings. The first-order valence-electron chi connectivity index (χ1n) is 10.3. The number of carbonyl (C=O) groups excluding carboxylic acids is 3. The molecule has 2 heterocycles. The van der Waals surface area contributed by atoms with E-state index in [2.05, 4.69) is 16.0 Å². The van der Waals surface area contributed by atoms with Crippen LogP contribution in [0.3, 0.4) is 0 Å². The lowest BCUT2D eigenvalue weighted by molar-refractivity contribution is -0.121. The number of hydrogen-bond donors (Lipinski definition) is 2. The van der Waals surface area contributed by atoms with Crippen molar-refractivity contribution >= 4 is 51.3 Å². The van der Waals surface area contributed by atoms with Gasteiger partial charge in [-0.15, -0.1) is 11.3 Å². The molecule has 0 aliphatic heterocycles. The summed E-state index contributed by atoms with van der Waals surface area (Å²) in [5.74, 6) is -1.42. The number of halogens is 1. The van der Waals surface area contributed by atoms with Gasteiger partial charge in [0.2, 0.25) is 5.91 Å². The summed E-state index contributed by atoms with van der Waals surface area (Å²) in [6.45, 7) is 0.187. The fourth-order valence-corrected chi connectivity index (χ4v) is 4.34. The number of Topliss-reactive ketones (excluding diaryl/α,β-unsaturated/α-hetero) is 1. The fraction of sp³-hybridized carbons (Fsp3) is 0.125. The Hall–Kier alpha value is -3.82. The van der Waals surface area contributed by atoms with Crippen molar-refractivity contribution < 1.29 is 14.4 Å². The van der Waals surface area contributed by atoms with Gasteiger partial charge < -0.3 is 0 Å². The maximum Gasteiger partial charge on any atom is 0.290 e. The molecular weight excluding hydrogens is 476 g/mol. The van der Waals surface area contributed by atoms with Crippen LogP contribution in [0.1, 0.15) is 38.6 Å². The molecule has 0 bridgehead atoms. The summed E-state index contributed by atoms with van der Waals surface area (Å²) < 4.78 is 1.72. The van der Waals surface area contributed by atoms with Crippen LogP contribution in [0.15, 0.2) is 71.5 Å². The minimum atomic E-state index is -0.678. The predicted molar refractivity (Wildman–Crippen MR) is 130 cm³/mol. The third kappa shape index (κ3) is 5.38. The SMILES string of the molecule is O=C(CCC(=O)c1ccc(Cl)s1)NNC(=O)c1nn(Cc2ccccc2)c(=O)c2ccccc12. The van der Waals surface area contributed by atoms with Crippen LogP contribution >= 0.6 is 22.9 Å². The molecule has 172 valence electrons. The average molecular weight is 495 g/mol. The molecule has 0 aliphatic carbocycles. The van der Waals surface area contributed by atoms with E-state index in [1.807, 2.05) is 30.3 Å². The van der Waals surface area contributed by atoms with Gasteiger partial charge in [0.15, 0.2) is 11.5 Å². The molecule has 8 nitrogen and oxygen atoms in total. The van der Waals surface area contributed by atoms with E-state index >= 15 is 0 Å². The quantitative estimate of drug-likeness (QED) is 0.301. The molecule has 0 saturated carbocycles. The first kappa shape index (κ1) is 23.3. The highest BCUT2D eigenvalue weighted by molar-refractivity contribution is 7.18. The zero-order chi connectivity index (χ0) is 24.1. The summed E-state index contributed by atoms with van der Waals surface area (Å²) >= 11 is 6.98. The normalized spacial score (nSPS) is 10.7. The van der Waals surface area contributed by atoms with E-state index in [9.17, 15) is 19.2 Å². The highest BCUT2D eigenvalue weighted by Crippen LogP contribution is 2.22. The number of amides is 2. The summed E-state index contributed by atoms with van der Waals surface area (Å²) in [4.78, 5) is 50.5. The van der Waals surface area contributed by atoms with Gasteiger partial charge >= 0.3 is 0 Å². The molecule has 34 heavy (non-hydrogen) atoms. The van der Waals surface area contributed by atoms with Gasteiger partial charge in [0.25, 0.3) is 11.5 Å². The largest absolute Gasteiger partial charge is 0.293 e. The van der Waals surface area contributed by atoms with E-state index in [1.165, 1.54) is 4.68 Å². The van der Waals surface area contributed by atoms with Crippen molar-refractivity contribution in [3.05, 3.63) is 97.6 Å². The zero-order valence-electron chi connectivity index (χ0n) is 17.8. The van der Waals surface area contributed by atoms with E-state index in [0.717, 1.165) is 16.9 Å². The number of fused-ring (bicyclic) bond motifs is 1. The van der Waals surface area contributed by atoms with E-state index in [0.29, 0.717) is 20.0 Å². The zero-order valence-corrected chi connectivity index (χ0v) is 19.4. The van der Waals surface area contributed by atoms with Crippen LogP contribution in [-0.4, -0.2) is 27.4 Å². The topological polar surface area (TPSA) is 110 Å². The third-order valence-corrected chi connectivity index (χ3v) is 6.27. The van der Waals surface area contributed by atoms with Gasteiger partial charge in [-0.1, -0.05) is 60.1 Å². The first-order chi connectivity index (χ1) is 16.4. The second-order valence-electron chi connectivity index (χ2n) is 7.37. The Balaban J connectivity index is 1.47. The summed E-state index contributed by atoms with van der Waals surface area (Å²) in [6, 6.07) is 19.2. The molecule has 2 amide bonds. The van der Waals surface area contributed by atoms with Crippen molar-refractivity contribution in [3.63, 3.8) is 0 Å². The Morgan fingerprint density at radius 1 is 0.882 bits per heavy atom. The van der Waals surface area contributed by atoms with E-state index < -0.39 is 11.8 Å². The maximum absolute atomic E-state index is 12.9. The smallest absolute Gasteiger partial charge is 0.290 e. The van der Waals surface area contributed by atoms with Crippen molar-refractivity contribution in [2.24, 2.45) is 0 Å². The minimum Gasteiger partial charge on any atom is -0.293 e. The number of hydrazine groups is 1. The third-order valence-electron chi connectivity index (χ3n) is 5.00. The standard InChI is InChI=1S/C24H19ClN4O4S/c25-20-12-11-19(34-20)18(30)10-13-21(31)26-27-23(32)22-16-8-4-5-9-17(16)24(33)29(28-22)14-15-6-2-1-3-7-15/h1-9,11-12H,10,13-14H2,(H,26,31)(H,27,32). The summed E-state index contributed by atoms with van der Waals surface area (Å²) in [5, 5.41) is 4.97. The van der Waals surface area contributed by atoms with E-state index in [-0.39, 0.29) is 36.4 Å². The molecule has 0 atom stereocenters. The summed E-state index contributed by atoms with van der Waals surface area (Å²) in [6.07, 6.45) is -0.141. The average Bonchev–Trinajstić information content (AvgIpc) is 3.30. The van der Waals surface area contributed by atoms with Gasteiger partial charge in [-0.25, -0.2) is 4.68 Å². The Morgan fingerprint density at radius 2 is 1.59 bits per heavy atom. The highest BCUT2D eigenvalue weighted by Gasteiger charge is 2.18. The van der Waals surface area contributed by atoms with Gasteiger partial charge in [-0.2, -0.15) is 5.10 Å². The molecule has 0 radical (unpaired) electrons. The molecule has 0 spiro atoms. The van der Waals surface area contributed by atoms with E-state index in [4.69, 9.17) is 11.6 Å². The Bertz CT molecular complexity index is 1430. The van der Waals surface area contributed by atoms with Crippen LogP contribution < -0.4 is 16.4 Å². The number of aromatic nitrogens is 2. The monoisotopic (exact) mass is 494 g/mol. The van der Waals surface area contributed by atoms with Gasteiger partial charge in [-0.05, 0) is 23.8 Å². The van der Waals surface area contributed by atoms with Crippen LogP contribution in [-0.2, 0) is 11.3 Å². The molecule has 10 heteroatoms. The number of nitrogens with one attached hydrogen (secondary N) is 2. The number of ketones is 1. The first-order valence-corrected chi connectivity index (χ1v) is 11.5. The molecule has 0 unspecified atom stereocenters. The van der Waals surface area contributed by atoms with Crippen molar-refractivity contribution in [2.45, 2.75) is 19.4 Å². The number of rotatable bonds is 7. The second kappa shape index (κ2) is 10.4. The van der Waals surface area contributed by atoms with Gasteiger partial charge in [-0.3, -0.25) is 30.0 Å². The molecule has 0 fully saturated rings. The Kier molecular flexibility index (Phi) is 7.15. The van der Waals surface area contributed by atoms with Crippen LogP contribution in [0.4, 0.5) is 0 Å². The van der Waals surface area contributed by atoms with Crippen molar-refractivity contribution in [3.8, 4) is 0 Å². The lowest BCUT2D eigenvalue weighted by atomic mass is 10.1. The highest BCUT2D eigenvalue weighted by atomic mass is 35.5. The van der Waals surface area contributed by atoms with Crippen LogP contribution in [0.25, 0.3) is 10.8 Å². The number of hydrogen-bond acceptors (Lipinski definition) is 6. The molecule has 4 rings (SSSR count). The number of carbonyl (C=O) groups is 3. The summed E-state index contributed by atoms with van der Waals surface area (Å²) in [7, 11) is 0. The van der Waals surface area contributed by atoms with Gasteiger partial charge in [0, 0.05) is 18.2 Å². The fourth-order valence-electron chi connectivity index (χ4n) is 3.33. The van der Waals surface area contributed by atoms with Gasteiger partial charge in [0.1, 0.15) is 0 Å². The Morgan fingerprint density at radius 3 is 2.29 bits per heavy atom. The van der Waals surface area contributed by atoms with Crippen molar-refractivity contribution in [1.29, 1.82) is 0 Å². The number of thiophene rings is 1. The van der Waals surface area contributed by atoms with Crippen molar-refractivity contribution in [1.82, 2.24) is 20.6 Å². The lowest BCUT2D eigenvalue weighted by Gasteiger charge is -2.12.